The summed E-state index contributed by atoms with van der Waals surface area (Å²) in [5.74, 6) is -0.234. The van der Waals surface area contributed by atoms with Crippen LogP contribution in [0, 0.1) is 0 Å². The highest BCUT2D eigenvalue weighted by atomic mass is 16.7. The van der Waals surface area contributed by atoms with E-state index in [-0.39, 0.29) is 18.9 Å². The lowest BCUT2D eigenvalue weighted by atomic mass is 9.97. The van der Waals surface area contributed by atoms with Crippen LogP contribution in [0.4, 0.5) is 0 Å². The fourth-order valence-corrected chi connectivity index (χ4v) is 12.8. The average molecular weight is 1360 g/mol. The molecule has 0 radical (unpaired) electrons. The lowest BCUT2D eigenvalue weighted by molar-refractivity contribution is -0.359. The molecule has 14 heteroatoms. The van der Waals surface area contributed by atoms with Crippen LogP contribution < -0.4 is 5.32 Å². The van der Waals surface area contributed by atoms with Crippen LogP contribution in [0.5, 0.6) is 0 Å². The number of hydrogen-bond donors (Lipinski definition) is 9. The summed E-state index contributed by atoms with van der Waals surface area (Å²) in [6.07, 6.45) is 75.2. The zero-order chi connectivity index (χ0) is 69.4. The number of aliphatic hydroxyl groups is 8. The molecule has 0 saturated carbocycles. The highest BCUT2D eigenvalue weighted by Crippen LogP contribution is 2.30. The van der Waals surface area contributed by atoms with Crippen LogP contribution in [0.15, 0.2) is 85.1 Å². The first-order valence-corrected chi connectivity index (χ1v) is 39.8. The molecule has 0 aromatic rings. The Balaban J connectivity index is 1.57. The number of carbonyl (C=O) groups is 1. The van der Waals surface area contributed by atoms with Gasteiger partial charge in [0.1, 0.15) is 48.8 Å². The summed E-state index contributed by atoms with van der Waals surface area (Å²) in [5.41, 5.74) is 0. The molecule has 2 fully saturated rings. The van der Waals surface area contributed by atoms with Crippen LogP contribution >= 0.6 is 0 Å². The minimum atomic E-state index is -1.79. The zero-order valence-electron chi connectivity index (χ0n) is 61.1. The van der Waals surface area contributed by atoms with Gasteiger partial charge in [0.15, 0.2) is 12.6 Å². The van der Waals surface area contributed by atoms with Crippen molar-refractivity contribution >= 4 is 5.91 Å². The number of allylic oxidation sites excluding steroid dienone is 13. The van der Waals surface area contributed by atoms with E-state index < -0.39 is 86.8 Å². The fourth-order valence-electron chi connectivity index (χ4n) is 12.8. The van der Waals surface area contributed by atoms with Crippen molar-refractivity contribution in [2.75, 3.05) is 19.8 Å². The van der Waals surface area contributed by atoms with Crippen LogP contribution in [0.2, 0.25) is 0 Å². The third-order valence-electron chi connectivity index (χ3n) is 19.1. The van der Waals surface area contributed by atoms with Gasteiger partial charge in [0.2, 0.25) is 5.91 Å². The van der Waals surface area contributed by atoms with Gasteiger partial charge >= 0.3 is 0 Å². The van der Waals surface area contributed by atoms with Crippen molar-refractivity contribution in [3.8, 4) is 0 Å². The molecule has 2 rings (SSSR count). The van der Waals surface area contributed by atoms with Gasteiger partial charge < -0.3 is 65.1 Å². The molecule has 12 unspecified atom stereocenters. The lowest BCUT2D eigenvalue weighted by Crippen LogP contribution is -2.65. The molecular weight excluding hydrogens is 1210 g/mol. The second-order valence-corrected chi connectivity index (χ2v) is 27.8. The Morgan fingerprint density at radius 1 is 0.385 bits per heavy atom. The molecule has 14 nitrogen and oxygen atoms in total. The molecule has 1 amide bonds. The van der Waals surface area contributed by atoms with E-state index in [9.17, 15) is 45.6 Å². The number of nitrogens with one attached hydrogen (secondary N) is 1. The molecule has 0 bridgehead atoms. The van der Waals surface area contributed by atoms with Crippen molar-refractivity contribution < 1.29 is 64.6 Å². The Bertz CT molecular complexity index is 1940. The molecule has 0 aromatic carbocycles. The number of aliphatic hydroxyl groups excluding tert-OH is 8. The molecule has 2 aliphatic heterocycles. The number of unbranched alkanes of at least 4 members (excludes halogenated alkanes) is 41. The fraction of sp³-hybridized carbons (Fsp3) is 0.817. The monoisotopic (exact) mass is 1350 g/mol. The van der Waals surface area contributed by atoms with Crippen molar-refractivity contribution in [1.29, 1.82) is 0 Å². The summed E-state index contributed by atoms with van der Waals surface area (Å²) in [7, 11) is 0. The second-order valence-electron chi connectivity index (χ2n) is 27.8. The minimum Gasteiger partial charge on any atom is -0.394 e. The average Bonchev–Trinajstić information content (AvgIpc) is 0.807. The summed E-state index contributed by atoms with van der Waals surface area (Å²) in [4.78, 5) is 13.4. The molecule has 0 aliphatic carbocycles. The van der Waals surface area contributed by atoms with Crippen LogP contribution in [0.25, 0.3) is 0 Å². The van der Waals surface area contributed by atoms with Gasteiger partial charge in [-0.05, 0) is 70.6 Å². The molecule has 9 N–H and O–H groups in total. The largest absolute Gasteiger partial charge is 0.394 e. The summed E-state index contributed by atoms with van der Waals surface area (Å²) >= 11 is 0. The lowest BCUT2D eigenvalue weighted by Gasteiger charge is -2.46. The van der Waals surface area contributed by atoms with Crippen LogP contribution in [-0.2, 0) is 23.7 Å². The van der Waals surface area contributed by atoms with Gasteiger partial charge in [0.25, 0.3) is 0 Å². The second kappa shape index (κ2) is 65.5. The summed E-state index contributed by atoms with van der Waals surface area (Å²) in [6, 6.07) is -0.917. The van der Waals surface area contributed by atoms with Gasteiger partial charge in [-0.2, -0.15) is 0 Å². The van der Waals surface area contributed by atoms with Crippen molar-refractivity contribution in [3.05, 3.63) is 85.1 Å². The third kappa shape index (κ3) is 48.1. The molecule has 2 heterocycles. The van der Waals surface area contributed by atoms with Gasteiger partial charge in [0, 0.05) is 6.42 Å². The van der Waals surface area contributed by atoms with E-state index in [1.165, 1.54) is 231 Å². The highest BCUT2D eigenvalue weighted by molar-refractivity contribution is 5.76. The smallest absolute Gasteiger partial charge is 0.220 e. The van der Waals surface area contributed by atoms with Crippen molar-refractivity contribution in [1.82, 2.24) is 5.32 Å². The summed E-state index contributed by atoms with van der Waals surface area (Å²) in [6.45, 7) is 2.73. The van der Waals surface area contributed by atoms with Gasteiger partial charge in [-0.3, -0.25) is 4.79 Å². The Labute approximate surface area is 586 Å². The van der Waals surface area contributed by atoms with E-state index in [0.29, 0.717) is 6.42 Å². The predicted octanol–water partition coefficient (Wildman–Crippen LogP) is 17.9. The number of hydrogen-bond acceptors (Lipinski definition) is 13. The first-order valence-electron chi connectivity index (χ1n) is 39.8. The highest BCUT2D eigenvalue weighted by Gasteiger charge is 2.51. The quantitative estimate of drug-likeness (QED) is 0.0204. The Morgan fingerprint density at radius 2 is 0.719 bits per heavy atom. The molecular formula is C82H147NO13. The maximum Gasteiger partial charge on any atom is 0.220 e. The predicted molar refractivity (Wildman–Crippen MR) is 396 cm³/mol. The van der Waals surface area contributed by atoms with E-state index in [4.69, 9.17) is 18.9 Å². The van der Waals surface area contributed by atoms with E-state index in [2.05, 4.69) is 92.1 Å². The molecule has 0 spiro atoms. The number of amides is 1. The van der Waals surface area contributed by atoms with E-state index >= 15 is 0 Å². The van der Waals surface area contributed by atoms with E-state index in [1.54, 1.807) is 6.08 Å². The summed E-state index contributed by atoms with van der Waals surface area (Å²) in [5, 5.41) is 87.6. The summed E-state index contributed by atoms with van der Waals surface area (Å²) < 4.78 is 22.9. The Morgan fingerprint density at radius 3 is 1.10 bits per heavy atom. The van der Waals surface area contributed by atoms with Crippen molar-refractivity contribution in [3.63, 3.8) is 0 Å². The van der Waals surface area contributed by atoms with Crippen LogP contribution in [0.1, 0.15) is 335 Å². The minimum absolute atomic E-state index is 0.234. The topological polar surface area (TPSA) is 228 Å². The molecule has 2 saturated heterocycles. The molecule has 558 valence electrons. The van der Waals surface area contributed by atoms with Gasteiger partial charge in [0.05, 0.1) is 32.0 Å². The maximum absolute atomic E-state index is 13.4. The maximum atomic E-state index is 13.4. The van der Waals surface area contributed by atoms with Crippen LogP contribution in [0.3, 0.4) is 0 Å². The van der Waals surface area contributed by atoms with Gasteiger partial charge in [-0.15, -0.1) is 0 Å². The van der Waals surface area contributed by atoms with Crippen LogP contribution in [-0.4, -0.2) is 140 Å². The number of ether oxygens (including phenoxy) is 4. The first-order chi connectivity index (χ1) is 47.1. The standard InChI is InChI=1S/C82H147NO13/c1-3-5-7-9-11-13-15-17-19-21-23-25-26-27-28-29-30-31-32-33-34-35-36-37-38-39-40-41-42-43-44-46-48-50-52-54-56-58-60-62-64-66-74(87)83-70(71(86)65-63-61-59-57-55-53-51-49-47-45-24-22-20-18-16-14-12-10-8-6-4-2)69-93-81-79(92)77(90)80(73(68-85)95-81)96-82-78(91)76(89)75(88)72(67-84)94-82/h5,7,11,13,17,19,23,25,27-28,30-31,63,65,70-73,75-82,84-86,88-92H,3-4,6,8-10,12,14-16,18,20-22,24,26,29,32-62,64,66-69H2,1-2H3,(H,83,87)/b7-5-,13-11-,19-17-,25-23-,28-27-,31-30-,65-63+. The molecule has 96 heavy (non-hydrogen) atoms. The van der Waals surface area contributed by atoms with E-state index in [1.807, 2.05) is 6.08 Å². The third-order valence-corrected chi connectivity index (χ3v) is 19.1. The zero-order valence-corrected chi connectivity index (χ0v) is 61.1. The molecule has 12 atom stereocenters. The molecule has 2 aliphatic rings. The van der Waals surface area contributed by atoms with Crippen molar-refractivity contribution in [2.24, 2.45) is 0 Å². The number of carbonyl (C=O) groups excluding carboxylic acids is 1. The Kier molecular flexibility index (Phi) is 60.9. The van der Waals surface area contributed by atoms with Gasteiger partial charge in [-0.1, -0.05) is 343 Å². The molecule has 0 aromatic heterocycles. The normalized spacial score (nSPS) is 22.7. The van der Waals surface area contributed by atoms with Gasteiger partial charge in [-0.25, -0.2) is 0 Å². The number of rotatable bonds is 66. The first kappa shape index (κ1) is 89.3. The van der Waals surface area contributed by atoms with Crippen molar-refractivity contribution in [2.45, 2.75) is 408 Å². The van der Waals surface area contributed by atoms with E-state index in [0.717, 1.165) is 77.0 Å². The Hall–Kier alpha value is -2.83. The SMILES string of the molecule is CC/C=C\C/C=C\C/C=C\C/C=C\C/C=C\C/C=C\CCCCCCCCCCCCCCCCCCCCCCCCC(=O)NC(COC1OC(CO)C(OC2OC(CO)C(O)C(O)C2O)C(O)C1O)C(O)/C=C/CCCCCCCCCCCCCCCCCCCCC.